The second kappa shape index (κ2) is 12.3. The smallest absolute Gasteiger partial charge is 0.160 e. The minimum atomic E-state index is 0. The van der Waals surface area contributed by atoms with E-state index in [9.17, 15) is 0 Å². The lowest BCUT2D eigenvalue weighted by molar-refractivity contribution is -0.111. The van der Waals surface area contributed by atoms with Crippen LogP contribution in [0.3, 0.4) is 0 Å². The van der Waals surface area contributed by atoms with Gasteiger partial charge in [0.25, 0.3) is 0 Å². The van der Waals surface area contributed by atoms with Crippen molar-refractivity contribution in [3.05, 3.63) is 23.8 Å². The van der Waals surface area contributed by atoms with Crippen molar-refractivity contribution in [3.8, 4) is 11.5 Å². The van der Waals surface area contributed by atoms with Gasteiger partial charge in [-0.05, 0) is 99.4 Å². The molecule has 3 saturated carbocycles. The molecule has 3 aliphatic carbocycles. The number of hydrogen-bond acceptors (Lipinski definition) is 4. The van der Waals surface area contributed by atoms with Crippen molar-refractivity contribution in [2.45, 2.75) is 58.8 Å². The van der Waals surface area contributed by atoms with Gasteiger partial charge in [0.1, 0.15) is 0 Å². The summed E-state index contributed by atoms with van der Waals surface area (Å²) in [6, 6.07) is 6.20. The molecule has 4 nitrogen and oxygen atoms in total. The number of ether oxygens (including phenoxy) is 3. The van der Waals surface area contributed by atoms with Crippen LogP contribution in [-0.2, 0) is 11.2 Å². The molecular formula is C26H44ClNO3. The van der Waals surface area contributed by atoms with Crippen molar-refractivity contribution in [2.75, 3.05) is 47.6 Å². The van der Waals surface area contributed by atoms with Crippen LogP contribution in [0.4, 0.5) is 0 Å². The molecule has 0 amide bonds. The van der Waals surface area contributed by atoms with E-state index in [1.807, 2.05) is 6.07 Å². The first kappa shape index (κ1) is 26.3. The Balaban J connectivity index is 0.00000341. The highest BCUT2D eigenvalue weighted by molar-refractivity contribution is 5.85. The summed E-state index contributed by atoms with van der Waals surface area (Å²) in [7, 11) is 5.57. The summed E-state index contributed by atoms with van der Waals surface area (Å²) in [5, 5.41) is 0. The van der Waals surface area contributed by atoms with Crippen molar-refractivity contribution >= 4 is 12.4 Å². The van der Waals surface area contributed by atoms with Gasteiger partial charge >= 0.3 is 0 Å². The van der Waals surface area contributed by atoms with Gasteiger partial charge in [-0.15, -0.1) is 12.4 Å². The maximum Gasteiger partial charge on any atom is 0.160 e. The number of unbranched alkanes of at least 4 members (excludes halogenated alkanes) is 1. The minimum absolute atomic E-state index is 0. The van der Waals surface area contributed by atoms with Gasteiger partial charge in [-0.1, -0.05) is 19.9 Å². The van der Waals surface area contributed by atoms with Crippen LogP contribution in [0.1, 0.15) is 57.9 Å². The van der Waals surface area contributed by atoms with Gasteiger partial charge in [0.2, 0.25) is 0 Å². The maximum absolute atomic E-state index is 5.98. The third-order valence-corrected chi connectivity index (χ3v) is 7.94. The van der Waals surface area contributed by atoms with Crippen molar-refractivity contribution in [3.63, 3.8) is 0 Å². The number of rotatable bonds is 13. The Bertz CT molecular complexity index is 664. The zero-order valence-electron chi connectivity index (χ0n) is 20.3. The standard InChI is InChI=1S/C26H43NO3.ClH/c1-26(2)22-10-9-21(23(26)19-22)13-17-30-16-7-6-14-27(3)15-12-20-8-11-24(28-4)25(18-20)29-5;/h8,11,18,21-23H,6-7,9-10,12-17,19H2,1-5H3;1H/t21-,22-,23-;/m0./s1. The van der Waals surface area contributed by atoms with Crippen molar-refractivity contribution in [2.24, 2.45) is 23.2 Å². The van der Waals surface area contributed by atoms with Gasteiger partial charge in [-0.2, -0.15) is 0 Å². The van der Waals surface area contributed by atoms with Crippen molar-refractivity contribution < 1.29 is 14.2 Å². The fraction of sp³-hybridized carbons (Fsp3) is 0.769. The zero-order valence-corrected chi connectivity index (χ0v) is 21.1. The molecular weight excluding hydrogens is 410 g/mol. The molecule has 0 aliphatic heterocycles. The van der Waals surface area contributed by atoms with Gasteiger partial charge in [0, 0.05) is 19.8 Å². The number of fused-ring (bicyclic) bond motifs is 2. The molecule has 0 saturated heterocycles. The first-order valence-corrected chi connectivity index (χ1v) is 11.9. The molecule has 0 radical (unpaired) electrons. The number of nitrogens with zero attached hydrogens (tertiary/aromatic N) is 1. The van der Waals surface area contributed by atoms with E-state index in [1.54, 1.807) is 14.2 Å². The predicted octanol–water partition coefficient (Wildman–Crippen LogP) is 5.86. The molecule has 1 aromatic rings. The highest BCUT2D eigenvalue weighted by atomic mass is 35.5. The van der Waals surface area contributed by atoms with Gasteiger partial charge < -0.3 is 19.1 Å². The third kappa shape index (κ3) is 6.76. The Labute approximate surface area is 196 Å². The summed E-state index contributed by atoms with van der Waals surface area (Å²) in [5.74, 6) is 4.47. The largest absolute Gasteiger partial charge is 0.493 e. The van der Waals surface area contributed by atoms with E-state index in [0.717, 1.165) is 68.4 Å². The minimum Gasteiger partial charge on any atom is -0.493 e. The fourth-order valence-electron chi connectivity index (χ4n) is 5.70. The van der Waals surface area contributed by atoms with E-state index in [2.05, 4.69) is 37.9 Å². The monoisotopic (exact) mass is 453 g/mol. The first-order valence-electron chi connectivity index (χ1n) is 11.9. The summed E-state index contributed by atoms with van der Waals surface area (Å²) in [6.45, 7) is 9.01. The Morgan fingerprint density at radius 2 is 1.77 bits per heavy atom. The van der Waals surface area contributed by atoms with Crippen LogP contribution >= 0.6 is 12.4 Å². The molecule has 0 heterocycles. The summed E-state index contributed by atoms with van der Waals surface area (Å²) in [6.07, 6.45) is 9.01. The van der Waals surface area contributed by atoms with E-state index in [0.29, 0.717) is 5.41 Å². The van der Waals surface area contributed by atoms with Crippen LogP contribution < -0.4 is 9.47 Å². The summed E-state index contributed by atoms with van der Waals surface area (Å²) in [5.41, 5.74) is 1.89. The molecule has 0 aromatic heterocycles. The second-order valence-corrected chi connectivity index (χ2v) is 10.0. The lowest BCUT2D eigenvalue weighted by atomic mass is 9.45. The van der Waals surface area contributed by atoms with Crippen LogP contribution in [0.15, 0.2) is 18.2 Å². The molecule has 4 rings (SSSR count). The average molecular weight is 454 g/mol. The molecule has 0 unspecified atom stereocenters. The summed E-state index contributed by atoms with van der Waals surface area (Å²) in [4.78, 5) is 2.41. The van der Waals surface area contributed by atoms with Gasteiger partial charge in [-0.25, -0.2) is 0 Å². The fourth-order valence-corrected chi connectivity index (χ4v) is 5.70. The Hall–Kier alpha value is -0.970. The highest BCUT2D eigenvalue weighted by Crippen LogP contribution is 2.61. The first-order chi connectivity index (χ1) is 14.5. The van der Waals surface area contributed by atoms with Gasteiger partial charge in [-0.3, -0.25) is 0 Å². The van der Waals surface area contributed by atoms with Crippen LogP contribution in [0.5, 0.6) is 11.5 Å². The highest BCUT2D eigenvalue weighted by Gasteiger charge is 2.53. The molecule has 31 heavy (non-hydrogen) atoms. The van der Waals surface area contributed by atoms with Crippen LogP contribution in [0, 0.1) is 23.2 Å². The van der Waals surface area contributed by atoms with E-state index in [4.69, 9.17) is 14.2 Å². The molecule has 3 aliphatic rings. The topological polar surface area (TPSA) is 30.9 Å². The van der Waals surface area contributed by atoms with E-state index in [-0.39, 0.29) is 12.4 Å². The Kier molecular flexibility index (Phi) is 10.4. The Morgan fingerprint density at radius 1 is 1.00 bits per heavy atom. The quantitative estimate of drug-likeness (QED) is 0.350. The normalized spacial score (nSPS) is 23.7. The van der Waals surface area contributed by atoms with Gasteiger partial charge in [0.15, 0.2) is 11.5 Å². The van der Waals surface area contributed by atoms with E-state index >= 15 is 0 Å². The number of benzene rings is 1. The SMILES string of the molecule is COc1ccc(CCN(C)CCCCOCC[C@@H]2CC[C@H]3C[C@@H]2C3(C)C)cc1OC.Cl. The second-order valence-electron chi connectivity index (χ2n) is 10.0. The average Bonchev–Trinajstić information content (AvgIpc) is 2.76. The molecule has 3 fully saturated rings. The molecule has 3 atom stereocenters. The molecule has 5 heteroatoms. The number of likely N-dealkylation sites (N-methyl/N-ethyl adjacent to an activating group) is 1. The molecule has 2 bridgehead atoms. The third-order valence-electron chi connectivity index (χ3n) is 7.94. The Morgan fingerprint density at radius 3 is 2.45 bits per heavy atom. The molecule has 0 N–H and O–H groups in total. The van der Waals surface area contributed by atoms with E-state index in [1.165, 1.54) is 37.7 Å². The molecule has 178 valence electrons. The molecule has 0 spiro atoms. The molecule has 1 aromatic carbocycles. The van der Waals surface area contributed by atoms with Crippen molar-refractivity contribution in [1.29, 1.82) is 0 Å². The maximum atomic E-state index is 5.98. The van der Waals surface area contributed by atoms with Crippen molar-refractivity contribution in [1.82, 2.24) is 4.90 Å². The van der Waals surface area contributed by atoms with Crippen LogP contribution in [-0.4, -0.2) is 52.5 Å². The summed E-state index contributed by atoms with van der Waals surface area (Å²) >= 11 is 0. The lowest BCUT2D eigenvalue weighted by Crippen LogP contribution is -2.52. The predicted molar refractivity (Wildman–Crippen MR) is 131 cm³/mol. The lowest BCUT2D eigenvalue weighted by Gasteiger charge is -2.60. The van der Waals surface area contributed by atoms with Gasteiger partial charge in [0.05, 0.1) is 14.2 Å². The number of hydrogen-bond donors (Lipinski definition) is 0. The number of methoxy groups -OCH3 is 2. The zero-order chi connectivity index (χ0) is 21.6. The summed E-state index contributed by atoms with van der Waals surface area (Å²) < 4.78 is 16.7. The van der Waals surface area contributed by atoms with Crippen LogP contribution in [0.25, 0.3) is 0 Å². The van der Waals surface area contributed by atoms with E-state index < -0.39 is 0 Å². The van der Waals surface area contributed by atoms with Crippen LogP contribution in [0.2, 0.25) is 0 Å². The number of halogens is 1.